The highest BCUT2D eigenvalue weighted by atomic mass is 16.5. The average molecular weight is 293 g/mol. The number of methoxy groups -OCH3 is 1. The van der Waals surface area contributed by atoms with Gasteiger partial charge in [-0.2, -0.15) is 0 Å². The van der Waals surface area contributed by atoms with Crippen LogP contribution >= 0.6 is 0 Å². The molecule has 1 saturated heterocycles. The van der Waals surface area contributed by atoms with Gasteiger partial charge < -0.3 is 20.5 Å². The number of ether oxygens (including phenoxy) is 1. The fourth-order valence-corrected chi connectivity index (χ4v) is 2.66. The topological polar surface area (TPSA) is 79.0 Å². The number of carbonyl (C=O) groups is 1. The number of carbonyl (C=O) groups excluding carboxylic acids is 1. The smallest absolute Gasteiger partial charge is 0.257 e. The van der Waals surface area contributed by atoms with E-state index in [-0.39, 0.29) is 12.5 Å². The molecule has 0 aromatic heterocycles. The molecule has 6 heteroatoms. The Hall–Kier alpha value is -1.79. The van der Waals surface area contributed by atoms with Crippen LogP contribution in [0.1, 0.15) is 16.8 Å². The quantitative estimate of drug-likeness (QED) is 0.787. The molecule has 1 heterocycles. The van der Waals surface area contributed by atoms with Crippen LogP contribution in [-0.4, -0.2) is 67.3 Å². The number of nitrogens with two attached hydrogens (primary N) is 1. The molecule has 1 aliphatic heterocycles. The zero-order valence-corrected chi connectivity index (χ0v) is 12.4. The highest BCUT2D eigenvalue weighted by Gasteiger charge is 2.23. The van der Waals surface area contributed by atoms with Crippen LogP contribution in [0, 0.1) is 0 Å². The van der Waals surface area contributed by atoms with E-state index >= 15 is 0 Å². The van der Waals surface area contributed by atoms with Crippen molar-refractivity contribution < 1.29 is 14.6 Å². The molecule has 1 fully saturated rings. The molecule has 0 unspecified atom stereocenters. The van der Waals surface area contributed by atoms with E-state index in [1.165, 1.54) is 7.11 Å². The van der Waals surface area contributed by atoms with Crippen LogP contribution in [-0.2, 0) is 0 Å². The number of nitrogens with zero attached hydrogens (tertiary/aromatic N) is 2. The molecule has 1 aliphatic rings. The number of para-hydroxylation sites is 1. The van der Waals surface area contributed by atoms with Gasteiger partial charge >= 0.3 is 0 Å². The molecule has 6 nitrogen and oxygen atoms in total. The number of aliphatic hydroxyl groups excluding tert-OH is 1. The lowest BCUT2D eigenvalue weighted by Gasteiger charge is -2.22. The second-order valence-corrected chi connectivity index (χ2v) is 5.14. The molecule has 2 rings (SSSR count). The third kappa shape index (κ3) is 3.65. The molecule has 0 radical (unpaired) electrons. The summed E-state index contributed by atoms with van der Waals surface area (Å²) in [5.74, 6) is 0.393. The van der Waals surface area contributed by atoms with Crippen molar-refractivity contribution in [2.75, 3.05) is 52.2 Å². The summed E-state index contributed by atoms with van der Waals surface area (Å²) in [7, 11) is 1.52. The molecule has 3 N–H and O–H groups in total. The molecule has 0 aliphatic carbocycles. The van der Waals surface area contributed by atoms with E-state index in [0.29, 0.717) is 36.6 Å². The summed E-state index contributed by atoms with van der Waals surface area (Å²) in [4.78, 5) is 16.7. The van der Waals surface area contributed by atoms with E-state index in [4.69, 9.17) is 15.6 Å². The highest BCUT2D eigenvalue weighted by Crippen LogP contribution is 2.27. The van der Waals surface area contributed by atoms with Crippen molar-refractivity contribution in [2.45, 2.75) is 6.42 Å². The SMILES string of the molecule is COc1c(N)cccc1C(=O)N1CCCN(CCO)CC1. The summed E-state index contributed by atoms with van der Waals surface area (Å²) in [6.07, 6.45) is 0.899. The Morgan fingerprint density at radius 3 is 2.86 bits per heavy atom. The second kappa shape index (κ2) is 7.28. The Morgan fingerprint density at radius 2 is 2.14 bits per heavy atom. The molecule has 0 spiro atoms. The van der Waals surface area contributed by atoms with Crippen LogP contribution in [0.5, 0.6) is 5.75 Å². The van der Waals surface area contributed by atoms with Gasteiger partial charge in [-0.05, 0) is 25.1 Å². The van der Waals surface area contributed by atoms with Crippen molar-refractivity contribution in [1.29, 1.82) is 0 Å². The number of benzene rings is 1. The lowest BCUT2D eigenvalue weighted by molar-refractivity contribution is 0.0757. The third-order valence-corrected chi connectivity index (χ3v) is 3.77. The Balaban J connectivity index is 2.11. The maximum absolute atomic E-state index is 12.7. The van der Waals surface area contributed by atoms with E-state index in [1.54, 1.807) is 18.2 Å². The van der Waals surface area contributed by atoms with Crippen LogP contribution in [0.25, 0.3) is 0 Å². The van der Waals surface area contributed by atoms with Gasteiger partial charge in [0.25, 0.3) is 5.91 Å². The Bertz CT molecular complexity index is 493. The van der Waals surface area contributed by atoms with Crippen LogP contribution < -0.4 is 10.5 Å². The number of nitrogen functional groups attached to an aromatic ring is 1. The van der Waals surface area contributed by atoms with Crippen molar-refractivity contribution in [3.8, 4) is 5.75 Å². The molecule has 21 heavy (non-hydrogen) atoms. The molecule has 1 amide bonds. The van der Waals surface area contributed by atoms with E-state index < -0.39 is 0 Å². The molecule has 1 aromatic rings. The Morgan fingerprint density at radius 1 is 1.33 bits per heavy atom. The van der Waals surface area contributed by atoms with Gasteiger partial charge in [-0.3, -0.25) is 9.69 Å². The Kier molecular flexibility index (Phi) is 5.41. The van der Waals surface area contributed by atoms with Gasteiger partial charge in [0.2, 0.25) is 0 Å². The summed E-state index contributed by atoms with van der Waals surface area (Å²) in [5.41, 5.74) is 6.84. The monoisotopic (exact) mass is 293 g/mol. The number of β-amino-alcohol motifs (C(OH)–C–C–N with tert-alkyl or cyclic N) is 1. The van der Waals surface area contributed by atoms with Gasteiger partial charge in [0.15, 0.2) is 5.75 Å². The zero-order chi connectivity index (χ0) is 15.2. The normalized spacial score (nSPS) is 16.6. The average Bonchev–Trinajstić information content (AvgIpc) is 2.72. The van der Waals surface area contributed by atoms with Crippen LogP contribution in [0.15, 0.2) is 18.2 Å². The maximum atomic E-state index is 12.7. The number of hydrogen-bond acceptors (Lipinski definition) is 5. The first-order valence-corrected chi connectivity index (χ1v) is 7.22. The first-order chi connectivity index (χ1) is 10.2. The largest absolute Gasteiger partial charge is 0.494 e. The van der Waals surface area contributed by atoms with E-state index in [0.717, 1.165) is 19.5 Å². The third-order valence-electron chi connectivity index (χ3n) is 3.77. The minimum atomic E-state index is -0.0509. The lowest BCUT2D eigenvalue weighted by atomic mass is 10.1. The summed E-state index contributed by atoms with van der Waals surface area (Å²) in [6.45, 7) is 3.84. The molecular weight excluding hydrogens is 270 g/mol. The standard InChI is InChI=1S/C15H23N3O3/c1-21-14-12(4-2-5-13(14)16)15(20)18-7-3-6-17(8-9-18)10-11-19/h2,4-5,19H,3,6-11,16H2,1H3. The molecule has 0 atom stereocenters. The van der Waals surface area contributed by atoms with Crippen LogP contribution in [0.2, 0.25) is 0 Å². The molecular formula is C15H23N3O3. The van der Waals surface area contributed by atoms with E-state index in [1.807, 2.05) is 4.90 Å². The summed E-state index contributed by atoms with van der Waals surface area (Å²) in [5, 5.41) is 9.01. The summed E-state index contributed by atoms with van der Waals surface area (Å²) in [6, 6.07) is 5.23. The molecule has 116 valence electrons. The summed E-state index contributed by atoms with van der Waals surface area (Å²) < 4.78 is 5.26. The predicted octanol–water partition coefficient (Wildman–Crippen LogP) is 0.418. The maximum Gasteiger partial charge on any atom is 0.257 e. The summed E-state index contributed by atoms with van der Waals surface area (Å²) >= 11 is 0. The molecule has 0 saturated carbocycles. The van der Waals surface area contributed by atoms with Crippen molar-refractivity contribution in [2.24, 2.45) is 0 Å². The fraction of sp³-hybridized carbons (Fsp3) is 0.533. The van der Waals surface area contributed by atoms with E-state index in [2.05, 4.69) is 4.90 Å². The van der Waals surface area contributed by atoms with Crippen molar-refractivity contribution in [3.63, 3.8) is 0 Å². The second-order valence-electron chi connectivity index (χ2n) is 5.14. The molecule has 0 bridgehead atoms. The first kappa shape index (κ1) is 15.6. The number of rotatable bonds is 4. The van der Waals surface area contributed by atoms with Crippen LogP contribution in [0.3, 0.4) is 0 Å². The van der Waals surface area contributed by atoms with Gasteiger partial charge in [0, 0.05) is 26.2 Å². The number of anilines is 1. The Labute approximate surface area is 125 Å². The molecule has 1 aromatic carbocycles. The van der Waals surface area contributed by atoms with Crippen LogP contribution in [0.4, 0.5) is 5.69 Å². The number of amides is 1. The van der Waals surface area contributed by atoms with Gasteiger partial charge in [-0.25, -0.2) is 0 Å². The lowest BCUT2D eigenvalue weighted by Crippen LogP contribution is -2.36. The zero-order valence-electron chi connectivity index (χ0n) is 12.4. The minimum Gasteiger partial charge on any atom is -0.494 e. The fourth-order valence-electron chi connectivity index (χ4n) is 2.66. The van der Waals surface area contributed by atoms with Gasteiger partial charge in [-0.15, -0.1) is 0 Å². The predicted molar refractivity (Wildman–Crippen MR) is 81.5 cm³/mol. The van der Waals surface area contributed by atoms with Gasteiger partial charge in [0.1, 0.15) is 0 Å². The number of hydrogen-bond donors (Lipinski definition) is 2. The van der Waals surface area contributed by atoms with Crippen molar-refractivity contribution >= 4 is 11.6 Å². The van der Waals surface area contributed by atoms with Crippen molar-refractivity contribution in [3.05, 3.63) is 23.8 Å². The van der Waals surface area contributed by atoms with Crippen molar-refractivity contribution in [1.82, 2.24) is 9.80 Å². The first-order valence-electron chi connectivity index (χ1n) is 7.22. The van der Waals surface area contributed by atoms with Gasteiger partial charge in [-0.1, -0.05) is 6.07 Å². The van der Waals surface area contributed by atoms with E-state index in [9.17, 15) is 4.79 Å². The van der Waals surface area contributed by atoms with Gasteiger partial charge in [0.05, 0.1) is 25.0 Å². The highest BCUT2D eigenvalue weighted by molar-refractivity contribution is 5.98. The number of aliphatic hydroxyl groups is 1. The minimum absolute atomic E-state index is 0.0509.